The fraction of sp³-hybridized carbons (Fsp3) is 0.500. The summed E-state index contributed by atoms with van der Waals surface area (Å²) in [4.78, 5) is -0.548. The van der Waals surface area contributed by atoms with Gasteiger partial charge in [-0.05, 0) is 25.0 Å². The van der Waals surface area contributed by atoms with Gasteiger partial charge in [-0.1, -0.05) is 12.8 Å². The Kier molecular flexibility index (Phi) is 5.48. The lowest BCUT2D eigenvalue weighted by molar-refractivity contribution is 0.398. The Balaban J connectivity index is 0.00000200. The molecular weight excluding hydrogens is 310 g/mol. The van der Waals surface area contributed by atoms with Crippen molar-refractivity contribution in [1.29, 1.82) is 0 Å². The Morgan fingerprint density at radius 3 is 2.35 bits per heavy atom. The van der Waals surface area contributed by atoms with Gasteiger partial charge in [0.2, 0.25) is 10.0 Å². The van der Waals surface area contributed by atoms with Gasteiger partial charge in [0.25, 0.3) is 0 Å². The van der Waals surface area contributed by atoms with Gasteiger partial charge in [0, 0.05) is 18.2 Å². The molecule has 1 aliphatic carbocycles. The number of hydrogen-bond donors (Lipinski definition) is 2. The molecule has 3 N–H and O–H groups in total. The minimum absolute atomic E-state index is 0. The first kappa shape index (κ1) is 17.3. The molecule has 0 unspecified atom stereocenters. The smallest absolute Gasteiger partial charge is 0.244 e. The molecule has 0 heterocycles. The minimum Gasteiger partial charge on any atom is -0.329 e. The lowest BCUT2D eigenvalue weighted by Crippen LogP contribution is -2.51. The average molecular weight is 327 g/mol. The number of halogens is 3. The summed E-state index contributed by atoms with van der Waals surface area (Å²) >= 11 is 0. The van der Waals surface area contributed by atoms with Crippen LogP contribution in [0.25, 0.3) is 0 Å². The lowest BCUT2D eigenvalue weighted by atomic mass is 10.0. The molecule has 0 spiro atoms. The zero-order valence-corrected chi connectivity index (χ0v) is 12.4. The van der Waals surface area contributed by atoms with Gasteiger partial charge in [-0.3, -0.25) is 0 Å². The van der Waals surface area contributed by atoms with E-state index in [0.717, 1.165) is 25.0 Å². The van der Waals surface area contributed by atoms with Gasteiger partial charge in [0.1, 0.15) is 16.5 Å². The third-order valence-corrected chi connectivity index (χ3v) is 5.10. The van der Waals surface area contributed by atoms with Crippen molar-refractivity contribution in [1.82, 2.24) is 4.72 Å². The molecule has 0 amide bonds. The van der Waals surface area contributed by atoms with Crippen LogP contribution in [0.15, 0.2) is 23.1 Å². The second kappa shape index (κ2) is 6.34. The van der Waals surface area contributed by atoms with Crippen molar-refractivity contribution in [3.05, 3.63) is 29.8 Å². The number of rotatable bonds is 4. The highest BCUT2D eigenvalue weighted by Gasteiger charge is 2.37. The quantitative estimate of drug-likeness (QED) is 0.888. The predicted molar refractivity (Wildman–Crippen MR) is 74.2 cm³/mol. The highest BCUT2D eigenvalue weighted by atomic mass is 35.5. The zero-order valence-electron chi connectivity index (χ0n) is 10.7. The number of nitrogens with one attached hydrogen (secondary N) is 1. The summed E-state index contributed by atoms with van der Waals surface area (Å²) in [5, 5.41) is 0. The summed E-state index contributed by atoms with van der Waals surface area (Å²) in [5.74, 6) is -1.91. The van der Waals surface area contributed by atoms with Crippen LogP contribution in [-0.4, -0.2) is 20.5 Å². The van der Waals surface area contributed by atoms with Crippen molar-refractivity contribution >= 4 is 22.4 Å². The third-order valence-electron chi connectivity index (χ3n) is 3.49. The normalized spacial score (nSPS) is 17.8. The maximum atomic E-state index is 13.6. The molecule has 114 valence electrons. The molecule has 0 bridgehead atoms. The summed E-state index contributed by atoms with van der Waals surface area (Å²) in [6, 6.07) is 2.39. The summed E-state index contributed by atoms with van der Waals surface area (Å²) in [6.07, 6.45) is 3.02. The summed E-state index contributed by atoms with van der Waals surface area (Å²) in [6.45, 7) is 0.162. The lowest BCUT2D eigenvalue weighted by Gasteiger charge is -2.28. The van der Waals surface area contributed by atoms with Crippen LogP contribution in [0, 0.1) is 11.6 Å². The van der Waals surface area contributed by atoms with E-state index in [0.29, 0.717) is 18.9 Å². The molecule has 0 aromatic heterocycles. The molecular formula is C12H17ClF2N2O2S. The fourth-order valence-corrected chi connectivity index (χ4v) is 3.96. The number of sulfonamides is 1. The van der Waals surface area contributed by atoms with E-state index in [1.165, 1.54) is 0 Å². The number of benzene rings is 1. The second-order valence-electron chi connectivity index (χ2n) is 4.87. The van der Waals surface area contributed by atoms with Crippen molar-refractivity contribution in [2.24, 2.45) is 5.73 Å². The first-order valence-corrected chi connectivity index (χ1v) is 7.56. The van der Waals surface area contributed by atoms with E-state index >= 15 is 0 Å². The van der Waals surface area contributed by atoms with Crippen molar-refractivity contribution < 1.29 is 17.2 Å². The summed E-state index contributed by atoms with van der Waals surface area (Å²) in [5.41, 5.74) is 4.93. The minimum atomic E-state index is -4.03. The van der Waals surface area contributed by atoms with E-state index < -0.39 is 32.1 Å². The number of nitrogens with two attached hydrogens (primary N) is 1. The van der Waals surface area contributed by atoms with E-state index in [1.54, 1.807) is 0 Å². The Hall–Kier alpha value is -0.760. The third kappa shape index (κ3) is 3.46. The zero-order chi connectivity index (χ0) is 14.1. The van der Waals surface area contributed by atoms with E-state index in [2.05, 4.69) is 4.72 Å². The molecule has 20 heavy (non-hydrogen) atoms. The molecule has 1 saturated carbocycles. The Morgan fingerprint density at radius 2 is 1.85 bits per heavy atom. The highest BCUT2D eigenvalue weighted by Crippen LogP contribution is 2.30. The SMILES string of the molecule is Cl.NCC1(NS(=O)(=O)c2ccc(F)cc2F)CCCC1. The highest BCUT2D eigenvalue weighted by molar-refractivity contribution is 7.89. The van der Waals surface area contributed by atoms with Gasteiger partial charge in [0.05, 0.1) is 0 Å². The van der Waals surface area contributed by atoms with Gasteiger partial charge in [-0.25, -0.2) is 21.9 Å². The number of hydrogen-bond acceptors (Lipinski definition) is 3. The summed E-state index contributed by atoms with van der Waals surface area (Å²) in [7, 11) is -4.03. The van der Waals surface area contributed by atoms with E-state index in [4.69, 9.17) is 5.73 Å². The van der Waals surface area contributed by atoms with Crippen molar-refractivity contribution in [2.75, 3.05) is 6.54 Å². The Bertz CT molecular complexity index is 575. The molecule has 0 radical (unpaired) electrons. The predicted octanol–water partition coefficient (Wildman–Crippen LogP) is 1.94. The fourth-order valence-electron chi connectivity index (χ4n) is 2.43. The molecule has 0 atom stereocenters. The van der Waals surface area contributed by atoms with E-state index in [9.17, 15) is 17.2 Å². The topological polar surface area (TPSA) is 72.2 Å². The second-order valence-corrected chi connectivity index (χ2v) is 6.52. The van der Waals surface area contributed by atoms with Gasteiger partial charge in [-0.15, -0.1) is 12.4 Å². The van der Waals surface area contributed by atoms with Crippen LogP contribution < -0.4 is 10.5 Å². The van der Waals surface area contributed by atoms with Crippen LogP contribution >= 0.6 is 12.4 Å². The molecule has 1 fully saturated rings. The standard InChI is InChI=1S/C12H16F2N2O2S.ClH/c13-9-3-4-11(10(14)7-9)19(17,18)16-12(8-15)5-1-2-6-12;/h3-4,7,16H,1-2,5-6,8,15H2;1H. The van der Waals surface area contributed by atoms with E-state index in [1.807, 2.05) is 0 Å². The largest absolute Gasteiger partial charge is 0.329 e. The first-order valence-electron chi connectivity index (χ1n) is 6.08. The van der Waals surface area contributed by atoms with Crippen molar-refractivity contribution in [3.8, 4) is 0 Å². The molecule has 2 rings (SSSR count). The first-order chi connectivity index (χ1) is 8.88. The van der Waals surface area contributed by atoms with Crippen LogP contribution in [-0.2, 0) is 10.0 Å². The molecule has 1 aliphatic rings. The van der Waals surface area contributed by atoms with Crippen molar-refractivity contribution in [2.45, 2.75) is 36.1 Å². The Morgan fingerprint density at radius 1 is 1.25 bits per heavy atom. The van der Waals surface area contributed by atoms with Crippen LogP contribution in [0.4, 0.5) is 8.78 Å². The average Bonchev–Trinajstić information content (AvgIpc) is 2.77. The maximum Gasteiger partial charge on any atom is 0.244 e. The van der Waals surface area contributed by atoms with Crippen molar-refractivity contribution in [3.63, 3.8) is 0 Å². The van der Waals surface area contributed by atoms with Crippen LogP contribution in [0.1, 0.15) is 25.7 Å². The maximum absolute atomic E-state index is 13.6. The molecule has 0 aliphatic heterocycles. The molecule has 8 heteroatoms. The van der Waals surface area contributed by atoms with Gasteiger partial charge in [0.15, 0.2) is 0 Å². The molecule has 1 aromatic rings. The van der Waals surface area contributed by atoms with Gasteiger partial charge >= 0.3 is 0 Å². The van der Waals surface area contributed by atoms with Gasteiger partial charge in [-0.2, -0.15) is 0 Å². The van der Waals surface area contributed by atoms with Gasteiger partial charge < -0.3 is 5.73 Å². The molecule has 0 saturated heterocycles. The monoisotopic (exact) mass is 326 g/mol. The van der Waals surface area contributed by atoms with Crippen LogP contribution in [0.2, 0.25) is 0 Å². The summed E-state index contributed by atoms with van der Waals surface area (Å²) < 4.78 is 53.2. The Labute approximate surface area is 123 Å². The van der Waals surface area contributed by atoms with E-state index in [-0.39, 0.29) is 19.0 Å². The molecule has 4 nitrogen and oxygen atoms in total. The molecule has 1 aromatic carbocycles. The van der Waals surface area contributed by atoms with Crippen LogP contribution in [0.3, 0.4) is 0 Å². The van der Waals surface area contributed by atoms with Crippen LogP contribution in [0.5, 0.6) is 0 Å².